The van der Waals surface area contributed by atoms with Crippen molar-refractivity contribution in [3.63, 3.8) is 0 Å². The summed E-state index contributed by atoms with van der Waals surface area (Å²) in [6.45, 7) is 1.41. The van der Waals surface area contributed by atoms with E-state index in [1.54, 1.807) is 36.4 Å². The number of alkyl halides is 3. The van der Waals surface area contributed by atoms with Crippen LogP contribution in [-0.2, 0) is 11.0 Å². The molecule has 1 N–H and O–H groups in total. The summed E-state index contributed by atoms with van der Waals surface area (Å²) in [5, 5.41) is 10.2. The molecular formula is C21H16ClF3O5. The molecule has 0 aliphatic carbocycles. The molecule has 3 rings (SSSR count). The molecule has 0 aliphatic heterocycles. The zero-order valence-electron chi connectivity index (χ0n) is 15.8. The summed E-state index contributed by atoms with van der Waals surface area (Å²) >= 11 is 6.02. The second-order valence-electron chi connectivity index (χ2n) is 6.36. The van der Waals surface area contributed by atoms with E-state index in [9.17, 15) is 18.0 Å². The molecule has 30 heavy (non-hydrogen) atoms. The molecule has 3 aromatic rings. The second kappa shape index (κ2) is 8.31. The lowest BCUT2D eigenvalue weighted by Crippen LogP contribution is -2.22. The lowest BCUT2D eigenvalue weighted by molar-refractivity contribution is -0.144. The van der Waals surface area contributed by atoms with Crippen molar-refractivity contribution in [2.24, 2.45) is 0 Å². The van der Waals surface area contributed by atoms with Crippen LogP contribution in [0.1, 0.15) is 12.5 Å². The molecule has 0 bridgehead atoms. The molecule has 5 nitrogen and oxygen atoms in total. The summed E-state index contributed by atoms with van der Waals surface area (Å²) in [7, 11) is 1.21. The fourth-order valence-electron chi connectivity index (χ4n) is 2.69. The number of carboxylic acids is 1. The van der Waals surface area contributed by atoms with Gasteiger partial charge in [0.25, 0.3) is 0 Å². The first-order valence-electron chi connectivity index (χ1n) is 8.64. The predicted octanol–water partition coefficient (Wildman–Crippen LogP) is 6.16. The molecule has 0 heterocycles. The minimum atomic E-state index is -4.58. The molecule has 0 unspecified atom stereocenters. The van der Waals surface area contributed by atoms with Crippen molar-refractivity contribution in [1.82, 2.24) is 0 Å². The fraction of sp³-hybridized carbons (Fsp3) is 0.190. The van der Waals surface area contributed by atoms with Gasteiger partial charge in [-0.1, -0.05) is 23.7 Å². The van der Waals surface area contributed by atoms with E-state index in [-0.39, 0.29) is 16.5 Å². The van der Waals surface area contributed by atoms with Crippen LogP contribution >= 0.6 is 11.6 Å². The third-order valence-electron chi connectivity index (χ3n) is 4.22. The van der Waals surface area contributed by atoms with Crippen LogP contribution in [0.15, 0.2) is 48.5 Å². The summed E-state index contributed by atoms with van der Waals surface area (Å²) in [5.41, 5.74) is -0.954. The number of methoxy groups -OCH3 is 1. The van der Waals surface area contributed by atoms with E-state index in [4.69, 9.17) is 30.9 Å². The average molecular weight is 441 g/mol. The lowest BCUT2D eigenvalue weighted by atomic mass is 10.1. The molecule has 0 spiro atoms. The van der Waals surface area contributed by atoms with E-state index in [1.807, 2.05) is 0 Å². The van der Waals surface area contributed by atoms with Crippen LogP contribution < -0.4 is 14.2 Å². The molecule has 0 amide bonds. The monoisotopic (exact) mass is 440 g/mol. The standard InChI is InChI=1S/C21H16ClF3O5/c1-11(20(26)27)29-15-5-3-12-4-6-16(8-13(12)7-15)30-19-17(22)9-14(21(23,24)25)10-18(19)28-2/h3-11H,1-2H3,(H,26,27)/t11-/m1/s1. The number of aliphatic carboxylic acids is 1. The number of fused-ring (bicyclic) bond motifs is 1. The van der Waals surface area contributed by atoms with Gasteiger partial charge in [0, 0.05) is 0 Å². The van der Waals surface area contributed by atoms with Crippen molar-refractivity contribution in [3.8, 4) is 23.0 Å². The Morgan fingerprint density at radius 1 is 1.03 bits per heavy atom. The lowest BCUT2D eigenvalue weighted by Gasteiger charge is -2.16. The number of ether oxygens (including phenoxy) is 3. The van der Waals surface area contributed by atoms with Crippen LogP contribution in [-0.4, -0.2) is 24.3 Å². The van der Waals surface area contributed by atoms with Gasteiger partial charge in [0.2, 0.25) is 0 Å². The van der Waals surface area contributed by atoms with Gasteiger partial charge in [-0.2, -0.15) is 13.2 Å². The zero-order valence-corrected chi connectivity index (χ0v) is 16.5. The van der Waals surface area contributed by atoms with Crippen LogP contribution in [0.4, 0.5) is 13.2 Å². The van der Waals surface area contributed by atoms with Crippen molar-refractivity contribution in [2.45, 2.75) is 19.2 Å². The highest BCUT2D eigenvalue weighted by molar-refractivity contribution is 6.32. The van der Waals surface area contributed by atoms with Crippen LogP contribution in [0.25, 0.3) is 10.8 Å². The molecule has 0 fully saturated rings. The fourth-order valence-corrected chi connectivity index (χ4v) is 2.94. The maximum atomic E-state index is 13.0. The smallest absolute Gasteiger partial charge is 0.416 e. The molecule has 3 aromatic carbocycles. The van der Waals surface area contributed by atoms with Gasteiger partial charge in [-0.3, -0.25) is 0 Å². The highest BCUT2D eigenvalue weighted by Gasteiger charge is 2.33. The van der Waals surface area contributed by atoms with Gasteiger partial charge >= 0.3 is 12.1 Å². The molecule has 0 saturated heterocycles. The maximum Gasteiger partial charge on any atom is 0.416 e. The number of rotatable bonds is 6. The van der Waals surface area contributed by atoms with Gasteiger partial charge in [-0.15, -0.1) is 0 Å². The summed E-state index contributed by atoms with van der Waals surface area (Å²) in [5.74, 6) is -0.678. The summed E-state index contributed by atoms with van der Waals surface area (Å²) < 4.78 is 55.1. The first kappa shape index (κ1) is 21.6. The summed E-state index contributed by atoms with van der Waals surface area (Å²) in [4.78, 5) is 11.0. The van der Waals surface area contributed by atoms with E-state index in [0.29, 0.717) is 16.9 Å². The largest absolute Gasteiger partial charge is 0.493 e. The molecule has 158 valence electrons. The van der Waals surface area contributed by atoms with Gasteiger partial charge in [0.1, 0.15) is 11.5 Å². The first-order chi connectivity index (χ1) is 14.1. The van der Waals surface area contributed by atoms with Crippen molar-refractivity contribution in [2.75, 3.05) is 7.11 Å². The normalized spacial score (nSPS) is 12.5. The molecular weight excluding hydrogens is 425 g/mol. The highest BCUT2D eigenvalue weighted by Crippen LogP contribution is 2.43. The first-order valence-corrected chi connectivity index (χ1v) is 9.02. The molecule has 0 radical (unpaired) electrons. The van der Waals surface area contributed by atoms with Gasteiger partial charge in [-0.05, 0) is 54.1 Å². The Hall–Kier alpha value is -3.13. The summed E-state index contributed by atoms with van der Waals surface area (Å²) in [6, 6.07) is 11.6. The minimum Gasteiger partial charge on any atom is -0.493 e. The van der Waals surface area contributed by atoms with Gasteiger partial charge in [0.05, 0.1) is 17.7 Å². The number of carboxylic acid groups (broad SMARTS) is 1. The summed E-state index contributed by atoms with van der Waals surface area (Å²) in [6.07, 6.45) is -5.61. The zero-order chi connectivity index (χ0) is 22.1. The number of hydrogen-bond acceptors (Lipinski definition) is 4. The van der Waals surface area contributed by atoms with Crippen LogP contribution in [0, 0.1) is 0 Å². The Kier molecular flexibility index (Phi) is 5.98. The number of hydrogen-bond donors (Lipinski definition) is 1. The Balaban J connectivity index is 1.95. The van der Waals surface area contributed by atoms with Crippen LogP contribution in [0.3, 0.4) is 0 Å². The third kappa shape index (κ3) is 4.71. The van der Waals surface area contributed by atoms with Gasteiger partial charge in [-0.25, -0.2) is 4.79 Å². The van der Waals surface area contributed by atoms with E-state index >= 15 is 0 Å². The van der Waals surface area contributed by atoms with Crippen molar-refractivity contribution in [1.29, 1.82) is 0 Å². The minimum absolute atomic E-state index is 0.0570. The molecule has 9 heteroatoms. The topological polar surface area (TPSA) is 65.0 Å². The molecule has 0 saturated carbocycles. The second-order valence-corrected chi connectivity index (χ2v) is 6.77. The van der Waals surface area contributed by atoms with Crippen LogP contribution in [0.5, 0.6) is 23.0 Å². The number of benzene rings is 3. The van der Waals surface area contributed by atoms with Crippen molar-refractivity contribution < 1.29 is 37.3 Å². The number of halogens is 4. The highest BCUT2D eigenvalue weighted by atomic mass is 35.5. The Morgan fingerprint density at radius 3 is 2.27 bits per heavy atom. The number of carbonyl (C=O) groups is 1. The van der Waals surface area contributed by atoms with Crippen molar-refractivity contribution in [3.05, 3.63) is 59.1 Å². The van der Waals surface area contributed by atoms with Gasteiger partial charge in [0.15, 0.2) is 17.6 Å². The quantitative estimate of drug-likeness (QED) is 0.497. The van der Waals surface area contributed by atoms with Gasteiger partial charge < -0.3 is 19.3 Å². The van der Waals surface area contributed by atoms with E-state index in [0.717, 1.165) is 17.5 Å². The van der Waals surface area contributed by atoms with Crippen LogP contribution in [0.2, 0.25) is 5.02 Å². The maximum absolute atomic E-state index is 13.0. The van der Waals surface area contributed by atoms with E-state index in [1.165, 1.54) is 14.0 Å². The van der Waals surface area contributed by atoms with E-state index in [2.05, 4.69) is 0 Å². The SMILES string of the molecule is COc1cc(C(F)(F)F)cc(Cl)c1Oc1ccc2ccc(O[C@H](C)C(=O)O)cc2c1. The molecule has 1 atom stereocenters. The average Bonchev–Trinajstić information content (AvgIpc) is 2.68. The predicted molar refractivity (Wildman–Crippen MR) is 105 cm³/mol. The Labute approximate surface area is 174 Å². The Morgan fingerprint density at radius 2 is 1.67 bits per heavy atom. The Bertz CT molecular complexity index is 1100. The van der Waals surface area contributed by atoms with Crippen molar-refractivity contribution >= 4 is 28.3 Å². The third-order valence-corrected chi connectivity index (χ3v) is 4.50. The molecule has 0 aromatic heterocycles. The molecule has 0 aliphatic rings. The van der Waals surface area contributed by atoms with E-state index < -0.39 is 23.8 Å².